The van der Waals surface area contributed by atoms with Crippen molar-refractivity contribution in [3.05, 3.63) is 23.3 Å². The number of amides is 1. The highest BCUT2D eigenvalue weighted by Gasteiger charge is 2.22. The Kier molecular flexibility index (Phi) is 6.97. The van der Waals surface area contributed by atoms with Crippen molar-refractivity contribution in [3.63, 3.8) is 0 Å². The van der Waals surface area contributed by atoms with E-state index in [1.807, 2.05) is 32.9 Å². The molecular weight excluding hydrogens is 304 g/mol. The zero-order valence-electron chi connectivity index (χ0n) is 13.3. The van der Waals surface area contributed by atoms with Crippen LogP contribution in [-0.2, 0) is 17.8 Å². The van der Waals surface area contributed by atoms with E-state index in [1.54, 1.807) is 0 Å². The zero-order valence-corrected chi connectivity index (χ0v) is 14.2. The maximum absolute atomic E-state index is 11.7. The predicted octanol–water partition coefficient (Wildman–Crippen LogP) is 2.18. The summed E-state index contributed by atoms with van der Waals surface area (Å²) in [5.74, 6) is 1.65. The number of benzene rings is 1. The van der Waals surface area contributed by atoms with Gasteiger partial charge in [-0.05, 0) is 32.9 Å². The summed E-state index contributed by atoms with van der Waals surface area (Å²) in [5.41, 5.74) is 7.72. The number of halogens is 1. The number of rotatable bonds is 6. The number of carbonyl (C=O) groups is 1. The van der Waals surface area contributed by atoms with Gasteiger partial charge in [-0.1, -0.05) is 0 Å². The van der Waals surface area contributed by atoms with Crippen LogP contribution in [0.25, 0.3) is 0 Å². The molecular formula is C16H25ClN2O3. The van der Waals surface area contributed by atoms with Gasteiger partial charge in [-0.3, -0.25) is 4.79 Å². The summed E-state index contributed by atoms with van der Waals surface area (Å²) < 4.78 is 11.4. The molecule has 0 saturated heterocycles. The van der Waals surface area contributed by atoms with E-state index in [9.17, 15) is 4.79 Å². The van der Waals surface area contributed by atoms with E-state index < -0.39 is 0 Å². The number of hydrogen-bond acceptors (Lipinski definition) is 4. The van der Waals surface area contributed by atoms with Crippen molar-refractivity contribution in [2.45, 2.75) is 52.3 Å². The van der Waals surface area contributed by atoms with Crippen molar-refractivity contribution in [2.75, 3.05) is 6.61 Å². The van der Waals surface area contributed by atoms with Gasteiger partial charge in [0.1, 0.15) is 17.6 Å². The molecule has 5 nitrogen and oxygen atoms in total. The number of carbonyl (C=O) groups excluding carboxylic acids is 1. The molecule has 6 heteroatoms. The minimum Gasteiger partial charge on any atom is -0.494 e. The summed E-state index contributed by atoms with van der Waals surface area (Å²) in [6, 6.07) is 3.85. The molecule has 0 aromatic heterocycles. The highest BCUT2D eigenvalue weighted by molar-refractivity contribution is 5.85. The lowest BCUT2D eigenvalue weighted by atomic mass is 10.1. The van der Waals surface area contributed by atoms with Gasteiger partial charge in [0.2, 0.25) is 5.91 Å². The summed E-state index contributed by atoms with van der Waals surface area (Å²) >= 11 is 0. The predicted molar refractivity (Wildman–Crippen MR) is 88.8 cm³/mol. The van der Waals surface area contributed by atoms with Crippen LogP contribution in [0.5, 0.6) is 11.5 Å². The van der Waals surface area contributed by atoms with E-state index in [0.717, 1.165) is 29.0 Å². The molecule has 1 heterocycles. The molecule has 3 N–H and O–H groups in total. The van der Waals surface area contributed by atoms with Gasteiger partial charge in [0.25, 0.3) is 0 Å². The second-order valence-electron chi connectivity index (χ2n) is 5.59. The smallest absolute Gasteiger partial charge is 0.221 e. The first-order chi connectivity index (χ1) is 9.99. The maximum atomic E-state index is 11.7. The van der Waals surface area contributed by atoms with Crippen LogP contribution < -0.4 is 20.5 Å². The van der Waals surface area contributed by atoms with Gasteiger partial charge in [0, 0.05) is 36.6 Å². The van der Waals surface area contributed by atoms with Gasteiger partial charge in [-0.2, -0.15) is 0 Å². The first-order valence-electron chi connectivity index (χ1n) is 7.47. The molecule has 1 aromatic carbocycles. The molecule has 2 rings (SSSR count). The van der Waals surface area contributed by atoms with Crippen LogP contribution in [0.2, 0.25) is 0 Å². The molecule has 1 aromatic rings. The highest BCUT2D eigenvalue weighted by Crippen LogP contribution is 2.35. The summed E-state index contributed by atoms with van der Waals surface area (Å²) in [6.07, 6.45) is 1.41. The van der Waals surface area contributed by atoms with E-state index in [2.05, 4.69) is 5.32 Å². The van der Waals surface area contributed by atoms with Gasteiger partial charge < -0.3 is 20.5 Å². The SMILES string of the molecule is CCOc1cc2c(cc1CNC(=O)CC(C)N)OC(C)C2.Cl. The number of hydrogen-bond donors (Lipinski definition) is 2. The van der Waals surface area contributed by atoms with Crippen molar-refractivity contribution < 1.29 is 14.3 Å². The lowest BCUT2D eigenvalue weighted by Crippen LogP contribution is -2.29. The van der Waals surface area contributed by atoms with Gasteiger partial charge >= 0.3 is 0 Å². The van der Waals surface area contributed by atoms with E-state index in [0.29, 0.717) is 19.6 Å². The molecule has 0 radical (unpaired) electrons. The van der Waals surface area contributed by atoms with Crippen LogP contribution in [-0.4, -0.2) is 24.7 Å². The molecule has 2 atom stereocenters. The van der Waals surface area contributed by atoms with Crippen molar-refractivity contribution in [1.82, 2.24) is 5.32 Å². The monoisotopic (exact) mass is 328 g/mol. The summed E-state index contributed by atoms with van der Waals surface area (Å²) in [4.78, 5) is 11.7. The summed E-state index contributed by atoms with van der Waals surface area (Å²) in [7, 11) is 0. The van der Waals surface area contributed by atoms with Crippen LogP contribution in [0.4, 0.5) is 0 Å². The molecule has 124 valence electrons. The van der Waals surface area contributed by atoms with Crippen molar-refractivity contribution in [2.24, 2.45) is 5.73 Å². The number of nitrogens with one attached hydrogen (secondary N) is 1. The third kappa shape index (κ3) is 4.78. The first-order valence-corrected chi connectivity index (χ1v) is 7.47. The molecule has 22 heavy (non-hydrogen) atoms. The molecule has 0 spiro atoms. The average Bonchev–Trinajstić information content (AvgIpc) is 2.74. The quantitative estimate of drug-likeness (QED) is 0.839. The second kappa shape index (κ2) is 8.25. The third-order valence-corrected chi connectivity index (χ3v) is 3.36. The number of nitrogens with two attached hydrogens (primary N) is 1. The number of fused-ring (bicyclic) bond motifs is 1. The van der Waals surface area contributed by atoms with E-state index >= 15 is 0 Å². The topological polar surface area (TPSA) is 73.6 Å². The molecule has 0 aliphatic carbocycles. The fraction of sp³-hybridized carbons (Fsp3) is 0.562. The Labute approximate surface area is 138 Å². The Hall–Kier alpha value is -1.46. The fourth-order valence-electron chi connectivity index (χ4n) is 2.47. The van der Waals surface area contributed by atoms with Crippen LogP contribution in [0.1, 0.15) is 38.3 Å². The average molecular weight is 329 g/mol. The maximum Gasteiger partial charge on any atom is 0.221 e. The largest absolute Gasteiger partial charge is 0.494 e. The normalized spacial score (nSPS) is 17.0. The van der Waals surface area contributed by atoms with Gasteiger partial charge in [-0.15, -0.1) is 12.4 Å². The molecule has 0 bridgehead atoms. The second-order valence-corrected chi connectivity index (χ2v) is 5.59. The van der Waals surface area contributed by atoms with E-state index in [-0.39, 0.29) is 30.5 Å². The van der Waals surface area contributed by atoms with Gasteiger partial charge in [-0.25, -0.2) is 0 Å². The Morgan fingerprint density at radius 3 is 2.91 bits per heavy atom. The fourth-order valence-corrected chi connectivity index (χ4v) is 2.47. The first kappa shape index (κ1) is 18.6. The Balaban J connectivity index is 0.00000242. The molecule has 0 saturated carbocycles. The highest BCUT2D eigenvalue weighted by atomic mass is 35.5. The van der Waals surface area contributed by atoms with Gasteiger partial charge in [0.05, 0.1) is 6.61 Å². The molecule has 0 fully saturated rings. The van der Waals surface area contributed by atoms with Crippen LogP contribution in [0.15, 0.2) is 12.1 Å². The Morgan fingerprint density at radius 2 is 2.27 bits per heavy atom. The van der Waals surface area contributed by atoms with Crippen molar-refractivity contribution in [3.8, 4) is 11.5 Å². The Morgan fingerprint density at radius 1 is 1.55 bits per heavy atom. The minimum atomic E-state index is -0.138. The summed E-state index contributed by atoms with van der Waals surface area (Å²) in [5, 5.41) is 2.88. The zero-order chi connectivity index (χ0) is 15.4. The van der Waals surface area contributed by atoms with Crippen molar-refractivity contribution in [1.29, 1.82) is 0 Å². The summed E-state index contributed by atoms with van der Waals surface area (Å²) in [6.45, 7) is 6.83. The Bertz CT molecular complexity index is 520. The minimum absolute atomic E-state index is 0. The van der Waals surface area contributed by atoms with Crippen LogP contribution in [0, 0.1) is 0 Å². The molecule has 1 aliphatic rings. The van der Waals surface area contributed by atoms with Crippen LogP contribution in [0.3, 0.4) is 0 Å². The lowest BCUT2D eigenvalue weighted by molar-refractivity contribution is -0.121. The lowest BCUT2D eigenvalue weighted by Gasteiger charge is -2.14. The number of ether oxygens (including phenoxy) is 2. The van der Waals surface area contributed by atoms with E-state index in [4.69, 9.17) is 15.2 Å². The van der Waals surface area contributed by atoms with Gasteiger partial charge in [0.15, 0.2) is 0 Å². The molecule has 2 unspecified atom stereocenters. The molecule has 1 amide bonds. The van der Waals surface area contributed by atoms with Crippen molar-refractivity contribution >= 4 is 18.3 Å². The third-order valence-electron chi connectivity index (χ3n) is 3.36. The van der Waals surface area contributed by atoms with E-state index in [1.165, 1.54) is 0 Å². The molecule has 1 aliphatic heterocycles. The van der Waals surface area contributed by atoms with Crippen LogP contribution >= 0.6 is 12.4 Å². The standard InChI is InChI=1S/C16H24N2O3.ClH/c1-4-20-14-7-12-6-11(3)21-15(12)8-13(14)9-18-16(19)5-10(2)17;/h7-8,10-11H,4-6,9,17H2,1-3H3,(H,18,19);1H.